The lowest BCUT2D eigenvalue weighted by atomic mass is 9.91. The van der Waals surface area contributed by atoms with Crippen molar-refractivity contribution in [3.8, 4) is 11.1 Å². The van der Waals surface area contributed by atoms with E-state index < -0.39 is 30.5 Å². The summed E-state index contributed by atoms with van der Waals surface area (Å²) in [6.45, 7) is 3.31. The van der Waals surface area contributed by atoms with Gasteiger partial charge in [-0.2, -0.15) is 30.9 Å². The molecule has 4 rings (SSSR count). The zero-order chi connectivity index (χ0) is 32.1. The molecule has 0 spiro atoms. The number of pyridine rings is 1. The highest BCUT2D eigenvalue weighted by Gasteiger charge is 2.34. The van der Waals surface area contributed by atoms with Crippen LogP contribution in [0.15, 0.2) is 54.7 Å². The van der Waals surface area contributed by atoms with Gasteiger partial charge in [0.15, 0.2) is 18.5 Å². The van der Waals surface area contributed by atoms with Crippen LogP contribution in [0.25, 0.3) is 11.1 Å². The summed E-state index contributed by atoms with van der Waals surface area (Å²) in [6.07, 6.45) is -1.57. The largest absolute Gasteiger partial charge is 0.433 e. The van der Waals surface area contributed by atoms with Crippen LogP contribution in [0.1, 0.15) is 83.5 Å². The van der Waals surface area contributed by atoms with Crippen LogP contribution in [-0.4, -0.2) is 46.7 Å². The molecule has 1 N–H and O–H groups in total. The summed E-state index contributed by atoms with van der Waals surface area (Å²) in [5.74, 6) is -0.442. The summed E-state index contributed by atoms with van der Waals surface area (Å²) in [6, 6.07) is 12.4. The van der Waals surface area contributed by atoms with Crippen molar-refractivity contribution in [3.05, 3.63) is 82.7 Å². The highest BCUT2D eigenvalue weighted by atomic mass is 19.4. The van der Waals surface area contributed by atoms with Crippen LogP contribution in [0.4, 0.5) is 32.0 Å². The molecule has 44 heavy (non-hydrogen) atoms. The third kappa shape index (κ3) is 8.12. The lowest BCUT2D eigenvalue weighted by molar-refractivity contribution is -0.456. The molecule has 1 aromatic heterocycles. The van der Waals surface area contributed by atoms with E-state index in [-0.39, 0.29) is 11.3 Å². The first-order chi connectivity index (χ1) is 20.8. The topological polar surface area (TPSA) is 62.1 Å². The van der Waals surface area contributed by atoms with Gasteiger partial charge in [-0.3, -0.25) is 14.6 Å². The maximum absolute atomic E-state index is 12.9. The van der Waals surface area contributed by atoms with Crippen molar-refractivity contribution in [2.24, 2.45) is 5.92 Å². The fourth-order valence-corrected chi connectivity index (χ4v) is 5.52. The summed E-state index contributed by atoms with van der Waals surface area (Å²) in [4.78, 5) is 28.7. The van der Waals surface area contributed by atoms with Crippen LogP contribution in [0.3, 0.4) is 0 Å². The first kappa shape index (κ1) is 32.9. The van der Waals surface area contributed by atoms with Crippen LogP contribution >= 0.6 is 0 Å². The second-order valence-corrected chi connectivity index (χ2v) is 10.9. The number of carbonyl (C=O) groups excluding carboxylic acids is 2. The van der Waals surface area contributed by atoms with Crippen molar-refractivity contribution in [3.63, 3.8) is 0 Å². The molecular weight excluding hydrogens is 584 g/mol. The summed E-state index contributed by atoms with van der Waals surface area (Å²) in [5.41, 5.74) is 3.54. The Kier molecular flexibility index (Phi) is 10.3. The lowest BCUT2D eigenvalue weighted by Crippen LogP contribution is -2.35. The molecule has 1 aliphatic heterocycles. The minimum atomic E-state index is -4.50. The Balaban J connectivity index is 1.32. The highest BCUT2D eigenvalue weighted by Crippen LogP contribution is 2.33. The van der Waals surface area contributed by atoms with E-state index in [2.05, 4.69) is 16.5 Å². The van der Waals surface area contributed by atoms with Gasteiger partial charge in [0, 0.05) is 41.3 Å². The molecule has 0 aliphatic carbocycles. The fraction of sp³-hybridized carbons (Fsp3) is 0.394. The number of rotatable bonds is 13. The third-order valence-electron chi connectivity index (χ3n) is 7.74. The van der Waals surface area contributed by atoms with E-state index in [1.807, 2.05) is 18.5 Å². The molecule has 1 unspecified atom stereocenters. The van der Waals surface area contributed by atoms with E-state index in [1.54, 1.807) is 36.4 Å². The molecule has 0 radical (unpaired) electrons. The van der Waals surface area contributed by atoms with E-state index in [4.69, 9.17) is 0 Å². The Morgan fingerprint density at radius 1 is 0.909 bits per heavy atom. The van der Waals surface area contributed by atoms with Gasteiger partial charge in [-0.25, -0.2) is 0 Å². The molecule has 3 aromatic rings. The molecule has 5 nitrogen and oxygen atoms in total. The lowest BCUT2D eigenvalue weighted by Gasteiger charge is -2.22. The number of amides is 1. The number of ketones is 1. The molecule has 0 saturated heterocycles. The van der Waals surface area contributed by atoms with Gasteiger partial charge in [-0.1, -0.05) is 50.6 Å². The van der Waals surface area contributed by atoms with Gasteiger partial charge >= 0.3 is 12.4 Å². The molecule has 1 amide bonds. The van der Waals surface area contributed by atoms with E-state index in [0.717, 1.165) is 48.7 Å². The number of fused-ring (bicyclic) bond motifs is 1. The number of alkyl halides is 6. The quantitative estimate of drug-likeness (QED) is 0.119. The average molecular weight is 619 g/mol. The van der Waals surface area contributed by atoms with E-state index >= 15 is 0 Å². The van der Waals surface area contributed by atoms with E-state index in [1.165, 1.54) is 12.3 Å². The highest BCUT2D eigenvalue weighted by molar-refractivity contribution is 6.01. The number of nitrogens with one attached hydrogen (secondary N) is 1. The zero-order valence-corrected chi connectivity index (χ0v) is 24.5. The van der Waals surface area contributed by atoms with Gasteiger partial charge in [0.25, 0.3) is 5.91 Å². The van der Waals surface area contributed by atoms with Crippen molar-refractivity contribution >= 4 is 23.6 Å². The molecule has 2 aromatic carbocycles. The van der Waals surface area contributed by atoms with Crippen LogP contribution in [0, 0.1) is 5.92 Å². The maximum Gasteiger partial charge on any atom is 0.433 e. The summed E-state index contributed by atoms with van der Waals surface area (Å²) >= 11 is 0. The molecule has 11 heteroatoms. The van der Waals surface area contributed by atoms with Crippen LogP contribution in [0.2, 0.25) is 0 Å². The number of Topliss-reactive ketones (excluding diaryl/α,β-unsaturated/α-hetero) is 1. The number of carbonyl (C=O) groups is 2. The van der Waals surface area contributed by atoms with Gasteiger partial charge in [0.1, 0.15) is 17.8 Å². The predicted molar refractivity (Wildman–Crippen MR) is 155 cm³/mol. The average Bonchev–Trinajstić information content (AvgIpc) is 2.97. The van der Waals surface area contributed by atoms with Crippen molar-refractivity contribution in [2.75, 3.05) is 13.1 Å². The molecule has 1 aliphatic rings. The first-order valence-electron chi connectivity index (χ1n) is 14.6. The summed E-state index contributed by atoms with van der Waals surface area (Å²) < 4.78 is 78.1. The summed E-state index contributed by atoms with van der Waals surface area (Å²) in [5, 5.41) is 1.95. The second kappa shape index (κ2) is 13.7. The third-order valence-corrected chi connectivity index (χ3v) is 7.74. The van der Waals surface area contributed by atoms with Crippen LogP contribution in [-0.2, 0) is 12.6 Å². The van der Waals surface area contributed by atoms with Crippen molar-refractivity contribution in [1.82, 2.24) is 10.3 Å². The van der Waals surface area contributed by atoms with Gasteiger partial charge in [0.2, 0.25) is 5.69 Å². The van der Waals surface area contributed by atoms with E-state index in [9.17, 15) is 35.9 Å². The van der Waals surface area contributed by atoms with Crippen molar-refractivity contribution in [1.29, 1.82) is 0 Å². The van der Waals surface area contributed by atoms with Gasteiger partial charge in [-0.05, 0) is 48.9 Å². The Morgan fingerprint density at radius 2 is 1.61 bits per heavy atom. The number of benzene rings is 2. The van der Waals surface area contributed by atoms with Gasteiger partial charge in [0.05, 0.1) is 0 Å². The van der Waals surface area contributed by atoms with Crippen LogP contribution < -0.4 is 5.32 Å². The van der Waals surface area contributed by atoms with Gasteiger partial charge in [-0.15, -0.1) is 0 Å². The Morgan fingerprint density at radius 3 is 2.20 bits per heavy atom. The SMILES string of the molecule is CCCC(CCCC(=O)c1ccc(-c2ccc(C(F)(F)F)nc2)cc1)C[N+]1=Cc2c1ccc(C(=O)NCC(F)(F)F)c2CC. The van der Waals surface area contributed by atoms with Gasteiger partial charge < -0.3 is 5.32 Å². The molecule has 234 valence electrons. The summed E-state index contributed by atoms with van der Waals surface area (Å²) in [7, 11) is 0. The Hall–Kier alpha value is -4.02. The number of hydrogen-bond donors (Lipinski definition) is 1. The number of aromatic nitrogens is 1. The molecule has 0 saturated carbocycles. The van der Waals surface area contributed by atoms with Crippen LogP contribution in [0.5, 0.6) is 0 Å². The number of hydrogen-bond acceptors (Lipinski definition) is 3. The first-order valence-corrected chi connectivity index (χ1v) is 14.6. The number of nitrogens with zero attached hydrogens (tertiary/aromatic N) is 2. The monoisotopic (exact) mass is 618 g/mol. The number of halogens is 6. The van der Waals surface area contributed by atoms with Crippen molar-refractivity contribution in [2.45, 2.75) is 64.7 Å². The molecule has 0 bridgehead atoms. The fourth-order valence-electron chi connectivity index (χ4n) is 5.52. The molecular formula is C33H34F6N3O2+. The van der Waals surface area contributed by atoms with E-state index in [0.29, 0.717) is 41.9 Å². The normalized spacial score (nSPS) is 13.5. The predicted octanol–water partition coefficient (Wildman–Crippen LogP) is 8.17. The molecule has 0 fully saturated rings. The zero-order valence-electron chi connectivity index (χ0n) is 24.5. The second-order valence-electron chi connectivity index (χ2n) is 10.9. The Labute approximate surface area is 252 Å². The molecule has 1 atom stereocenters. The van der Waals surface area contributed by atoms with Crippen molar-refractivity contribution < 1.29 is 40.5 Å². The Bertz CT molecular complexity index is 1510. The smallest absolute Gasteiger partial charge is 0.343 e. The standard InChI is InChI=1S/C33H33F6N3O2/c1-3-6-21(18-42-19-27-25(4-2)26(14-15-28(27)42)31(44)41-20-32(34,35)36)7-5-8-29(43)23-11-9-22(10-12-23)24-13-16-30(40-17-24)33(37,38)39/h9-17,19,21H,3-8,18,20H2,1-2H3/p+1. The molecule has 2 heterocycles. The minimum absolute atomic E-state index is 0.0119. The minimum Gasteiger partial charge on any atom is -0.343 e. The maximum atomic E-state index is 12.9.